The molecule has 2 aromatic rings. The number of benzene rings is 1. The molecule has 0 aliphatic heterocycles. The van der Waals surface area contributed by atoms with E-state index in [2.05, 4.69) is 10.3 Å². The molecular formula is C19H22N2O3S. The molecule has 6 heteroatoms. The van der Waals surface area contributed by atoms with Crippen molar-refractivity contribution in [1.82, 2.24) is 10.3 Å². The van der Waals surface area contributed by atoms with Crippen LogP contribution >= 0.6 is 11.3 Å². The van der Waals surface area contributed by atoms with E-state index in [0.717, 1.165) is 40.9 Å². The van der Waals surface area contributed by atoms with Crippen molar-refractivity contribution in [3.8, 4) is 0 Å². The van der Waals surface area contributed by atoms with Gasteiger partial charge in [0.2, 0.25) is 0 Å². The van der Waals surface area contributed by atoms with Crippen LogP contribution in [0.25, 0.3) is 16.3 Å². The van der Waals surface area contributed by atoms with E-state index in [0.29, 0.717) is 0 Å². The number of hydrogen-bond acceptors (Lipinski definition) is 5. The third kappa shape index (κ3) is 4.89. The summed E-state index contributed by atoms with van der Waals surface area (Å²) in [6.45, 7) is 1.60. The van der Waals surface area contributed by atoms with E-state index in [1.807, 2.05) is 24.3 Å². The van der Waals surface area contributed by atoms with Gasteiger partial charge in [0.1, 0.15) is 5.01 Å². The normalized spacial score (nSPS) is 16.8. The van der Waals surface area contributed by atoms with Gasteiger partial charge in [-0.3, -0.25) is 4.79 Å². The predicted molar refractivity (Wildman–Crippen MR) is 99.2 cm³/mol. The summed E-state index contributed by atoms with van der Waals surface area (Å²) in [6.07, 6.45) is 7.67. The van der Waals surface area contributed by atoms with E-state index in [9.17, 15) is 9.59 Å². The molecule has 25 heavy (non-hydrogen) atoms. The highest BCUT2D eigenvalue weighted by molar-refractivity contribution is 7.19. The lowest BCUT2D eigenvalue weighted by molar-refractivity contribution is -0.150. The minimum absolute atomic E-state index is 0.209. The van der Waals surface area contributed by atoms with Crippen LogP contribution in [0, 0.1) is 0 Å². The molecule has 1 saturated carbocycles. The number of fused-ring (bicyclic) bond motifs is 1. The first-order valence-electron chi connectivity index (χ1n) is 8.66. The second kappa shape index (κ2) is 8.25. The maximum atomic E-state index is 12.1. The maximum Gasteiger partial charge on any atom is 0.331 e. The summed E-state index contributed by atoms with van der Waals surface area (Å²) in [5, 5.41) is 3.70. The smallest absolute Gasteiger partial charge is 0.331 e. The fourth-order valence-electron chi connectivity index (χ4n) is 2.93. The Labute approximate surface area is 151 Å². The number of esters is 1. The van der Waals surface area contributed by atoms with Gasteiger partial charge in [-0.25, -0.2) is 9.78 Å². The number of thiazole rings is 1. The molecule has 1 atom stereocenters. The molecule has 1 aromatic carbocycles. The van der Waals surface area contributed by atoms with E-state index >= 15 is 0 Å². The van der Waals surface area contributed by atoms with Gasteiger partial charge in [0.05, 0.1) is 10.2 Å². The Kier molecular flexibility index (Phi) is 5.81. The summed E-state index contributed by atoms with van der Waals surface area (Å²) in [6, 6.07) is 8.01. The highest BCUT2D eigenvalue weighted by Gasteiger charge is 2.21. The second-order valence-corrected chi connectivity index (χ2v) is 7.34. The number of nitrogens with one attached hydrogen (secondary N) is 1. The van der Waals surface area contributed by atoms with Crippen LogP contribution in [-0.4, -0.2) is 29.0 Å². The highest BCUT2D eigenvalue weighted by atomic mass is 32.1. The van der Waals surface area contributed by atoms with Crippen molar-refractivity contribution >= 4 is 39.5 Å². The summed E-state index contributed by atoms with van der Waals surface area (Å²) < 4.78 is 6.25. The molecule has 0 unspecified atom stereocenters. The number of ether oxygens (including phenoxy) is 1. The molecule has 0 saturated heterocycles. The molecule has 1 amide bonds. The zero-order valence-corrected chi connectivity index (χ0v) is 15.1. The first-order chi connectivity index (χ1) is 12.1. The standard InChI is InChI=1S/C19H22N2O3S/c1-13(19(23)20-14-7-3-2-4-8-14)24-18(22)12-11-17-21-15-9-5-6-10-16(15)25-17/h5-6,9-14H,2-4,7-8H2,1H3,(H,20,23)/b12-11+/t13-/m0/s1. The Morgan fingerprint density at radius 1 is 1.28 bits per heavy atom. The monoisotopic (exact) mass is 358 g/mol. The molecule has 5 nitrogen and oxygen atoms in total. The van der Waals surface area contributed by atoms with Crippen LogP contribution in [0.15, 0.2) is 30.3 Å². The van der Waals surface area contributed by atoms with Gasteiger partial charge in [0, 0.05) is 12.1 Å². The minimum Gasteiger partial charge on any atom is -0.449 e. The third-order valence-corrected chi connectivity index (χ3v) is 5.29. The van der Waals surface area contributed by atoms with Crippen molar-refractivity contribution < 1.29 is 14.3 Å². The van der Waals surface area contributed by atoms with Crippen molar-refractivity contribution in [1.29, 1.82) is 0 Å². The Bertz CT molecular complexity index is 745. The molecule has 0 radical (unpaired) electrons. The molecule has 1 N–H and O–H groups in total. The number of carbonyl (C=O) groups excluding carboxylic acids is 2. The number of aromatic nitrogens is 1. The lowest BCUT2D eigenvalue weighted by Crippen LogP contribution is -2.42. The first-order valence-corrected chi connectivity index (χ1v) is 9.48. The Morgan fingerprint density at radius 3 is 2.80 bits per heavy atom. The van der Waals surface area contributed by atoms with Gasteiger partial charge in [-0.1, -0.05) is 31.4 Å². The van der Waals surface area contributed by atoms with Gasteiger partial charge in [0.25, 0.3) is 5.91 Å². The van der Waals surface area contributed by atoms with Crippen molar-refractivity contribution in [3.63, 3.8) is 0 Å². The fraction of sp³-hybridized carbons (Fsp3) is 0.421. The average molecular weight is 358 g/mol. The summed E-state index contributed by atoms with van der Waals surface area (Å²) in [5.41, 5.74) is 0.903. The van der Waals surface area contributed by atoms with Crippen LogP contribution in [0.1, 0.15) is 44.0 Å². The minimum atomic E-state index is -0.797. The molecule has 3 rings (SSSR count). The highest BCUT2D eigenvalue weighted by Crippen LogP contribution is 2.22. The van der Waals surface area contributed by atoms with Crippen LogP contribution in [-0.2, 0) is 14.3 Å². The number of carbonyl (C=O) groups is 2. The zero-order valence-electron chi connectivity index (χ0n) is 14.2. The first kappa shape index (κ1) is 17.6. The second-order valence-electron chi connectivity index (χ2n) is 6.28. The predicted octanol–water partition coefficient (Wildman–Crippen LogP) is 3.69. The largest absolute Gasteiger partial charge is 0.449 e. The van der Waals surface area contributed by atoms with Crippen molar-refractivity contribution in [3.05, 3.63) is 35.3 Å². The summed E-state index contributed by atoms with van der Waals surface area (Å²) in [7, 11) is 0. The van der Waals surface area contributed by atoms with Gasteiger partial charge >= 0.3 is 5.97 Å². The molecule has 0 bridgehead atoms. The Hall–Kier alpha value is -2.21. The molecule has 1 aliphatic rings. The van der Waals surface area contributed by atoms with Gasteiger partial charge in [-0.2, -0.15) is 0 Å². The summed E-state index contributed by atoms with van der Waals surface area (Å²) >= 11 is 1.50. The van der Waals surface area contributed by atoms with Gasteiger partial charge in [-0.05, 0) is 38.0 Å². The number of amides is 1. The van der Waals surface area contributed by atoms with Gasteiger partial charge in [-0.15, -0.1) is 11.3 Å². The molecule has 1 aromatic heterocycles. The number of hydrogen-bond donors (Lipinski definition) is 1. The maximum absolute atomic E-state index is 12.1. The number of rotatable bonds is 5. The average Bonchev–Trinajstić information content (AvgIpc) is 3.04. The van der Waals surface area contributed by atoms with Crippen molar-refractivity contribution in [2.75, 3.05) is 0 Å². The Balaban J connectivity index is 1.51. The fourth-order valence-corrected chi connectivity index (χ4v) is 3.80. The zero-order chi connectivity index (χ0) is 17.6. The van der Waals surface area contributed by atoms with E-state index in [1.165, 1.54) is 23.8 Å². The molecule has 132 valence electrons. The van der Waals surface area contributed by atoms with Crippen LogP contribution in [0.2, 0.25) is 0 Å². The van der Waals surface area contributed by atoms with Crippen LogP contribution in [0.4, 0.5) is 0 Å². The summed E-state index contributed by atoms with van der Waals surface area (Å²) in [4.78, 5) is 28.5. The lowest BCUT2D eigenvalue weighted by Gasteiger charge is -2.24. The topological polar surface area (TPSA) is 68.3 Å². The van der Waals surface area contributed by atoms with Gasteiger partial charge in [0.15, 0.2) is 6.10 Å². The summed E-state index contributed by atoms with van der Waals surface area (Å²) in [5.74, 6) is -0.765. The van der Waals surface area contributed by atoms with Gasteiger partial charge < -0.3 is 10.1 Å². The number of nitrogens with zero attached hydrogens (tertiary/aromatic N) is 1. The SMILES string of the molecule is C[C@H](OC(=O)/C=C/c1nc2ccccc2s1)C(=O)NC1CCCCC1. The van der Waals surface area contributed by atoms with E-state index in [4.69, 9.17) is 4.74 Å². The van der Waals surface area contributed by atoms with Crippen LogP contribution in [0.5, 0.6) is 0 Å². The van der Waals surface area contributed by atoms with E-state index < -0.39 is 12.1 Å². The molecular weight excluding hydrogens is 336 g/mol. The van der Waals surface area contributed by atoms with Crippen molar-refractivity contribution in [2.45, 2.75) is 51.2 Å². The molecule has 1 heterocycles. The lowest BCUT2D eigenvalue weighted by atomic mass is 9.95. The van der Waals surface area contributed by atoms with Crippen LogP contribution in [0.3, 0.4) is 0 Å². The molecule has 0 spiro atoms. The van der Waals surface area contributed by atoms with Crippen molar-refractivity contribution in [2.24, 2.45) is 0 Å². The molecule has 1 fully saturated rings. The Morgan fingerprint density at radius 2 is 2.04 bits per heavy atom. The quantitative estimate of drug-likeness (QED) is 0.654. The van der Waals surface area contributed by atoms with Crippen LogP contribution < -0.4 is 5.32 Å². The number of para-hydroxylation sites is 1. The van der Waals surface area contributed by atoms with E-state index in [1.54, 1.807) is 13.0 Å². The molecule has 1 aliphatic carbocycles. The van der Waals surface area contributed by atoms with E-state index in [-0.39, 0.29) is 11.9 Å². The third-order valence-electron chi connectivity index (χ3n) is 4.29.